The first-order chi connectivity index (χ1) is 14.7. The molecule has 1 aromatic heterocycles. The third kappa shape index (κ3) is 4.64. The van der Waals surface area contributed by atoms with Crippen molar-refractivity contribution < 1.29 is 13.9 Å². The van der Waals surface area contributed by atoms with E-state index in [1.807, 2.05) is 24.3 Å². The lowest BCUT2D eigenvalue weighted by Gasteiger charge is -2.28. The second-order valence-electron chi connectivity index (χ2n) is 7.21. The number of furan rings is 1. The molecule has 0 atom stereocenters. The molecule has 0 bridgehead atoms. The number of piperidine rings is 1. The molecule has 0 radical (unpaired) electrons. The molecule has 0 spiro atoms. The number of hydrogen-bond donors (Lipinski definition) is 1. The van der Waals surface area contributed by atoms with Crippen LogP contribution in [0.5, 0.6) is 5.75 Å². The molecule has 30 heavy (non-hydrogen) atoms. The van der Waals surface area contributed by atoms with Crippen LogP contribution in [0.15, 0.2) is 65.1 Å². The Kier molecular flexibility index (Phi) is 6.00. The van der Waals surface area contributed by atoms with Crippen LogP contribution in [-0.4, -0.2) is 19.0 Å². The number of amides is 1. The SMILES string of the molecule is N#Cc1ccccc1OCc1ccc(C(=O)Nc2ccc(N3CCCCC3)cc2)o1. The van der Waals surface area contributed by atoms with E-state index in [0.29, 0.717) is 17.1 Å². The van der Waals surface area contributed by atoms with Crippen molar-refractivity contribution in [2.24, 2.45) is 0 Å². The summed E-state index contributed by atoms with van der Waals surface area (Å²) in [6.45, 7) is 2.31. The molecule has 1 fully saturated rings. The highest BCUT2D eigenvalue weighted by Gasteiger charge is 2.14. The molecule has 3 aromatic rings. The Balaban J connectivity index is 1.34. The first kappa shape index (κ1) is 19.6. The van der Waals surface area contributed by atoms with Crippen LogP contribution in [0.1, 0.15) is 41.1 Å². The van der Waals surface area contributed by atoms with Crippen LogP contribution in [0.3, 0.4) is 0 Å². The van der Waals surface area contributed by atoms with Gasteiger partial charge in [-0.2, -0.15) is 5.26 Å². The highest BCUT2D eigenvalue weighted by atomic mass is 16.5. The van der Waals surface area contributed by atoms with E-state index in [9.17, 15) is 4.79 Å². The minimum atomic E-state index is -0.315. The summed E-state index contributed by atoms with van der Waals surface area (Å²) >= 11 is 0. The maximum atomic E-state index is 12.5. The number of carbonyl (C=O) groups excluding carboxylic acids is 1. The minimum absolute atomic E-state index is 0.135. The number of para-hydroxylation sites is 1. The molecule has 4 rings (SSSR count). The quantitative estimate of drug-likeness (QED) is 0.631. The molecular formula is C24H23N3O3. The van der Waals surface area contributed by atoms with E-state index in [1.165, 1.54) is 24.9 Å². The number of anilines is 2. The van der Waals surface area contributed by atoms with Gasteiger partial charge in [-0.15, -0.1) is 0 Å². The Morgan fingerprint density at radius 1 is 1.03 bits per heavy atom. The van der Waals surface area contributed by atoms with E-state index in [4.69, 9.17) is 14.4 Å². The van der Waals surface area contributed by atoms with Gasteiger partial charge < -0.3 is 19.4 Å². The lowest BCUT2D eigenvalue weighted by atomic mass is 10.1. The van der Waals surface area contributed by atoms with Gasteiger partial charge in [0.2, 0.25) is 0 Å². The van der Waals surface area contributed by atoms with E-state index in [2.05, 4.69) is 16.3 Å². The smallest absolute Gasteiger partial charge is 0.291 e. The number of ether oxygens (including phenoxy) is 1. The highest BCUT2D eigenvalue weighted by molar-refractivity contribution is 6.02. The van der Waals surface area contributed by atoms with Crippen molar-refractivity contribution in [2.45, 2.75) is 25.9 Å². The van der Waals surface area contributed by atoms with Crippen LogP contribution >= 0.6 is 0 Å². The second kappa shape index (κ2) is 9.19. The Bertz CT molecular complexity index is 1040. The van der Waals surface area contributed by atoms with E-state index >= 15 is 0 Å². The molecule has 152 valence electrons. The van der Waals surface area contributed by atoms with Crippen LogP contribution in [0.2, 0.25) is 0 Å². The van der Waals surface area contributed by atoms with Crippen LogP contribution in [0.25, 0.3) is 0 Å². The standard InChI is InChI=1S/C24H23N3O3/c25-16-18-6-2-3-7-22(18)29-17-21-12-13-23(30-21)24(28)26-19-8-10-20(11-9-19)27-14-4-1-5-15-27/h2-3,6-13H,1,4-5,14-15,17H2,(H,26,28). The number of rotatable bonds is 6. The molecule has 1 aliphatic heterocycles. The summed E-state index contributed by atoms with van der Waals surface area (Å²) in [7, 11) is 0. The number of benzene rings is 2. The van der Waals surface area contributed by atoms with Crippen LogP contribution < -0.4 is 15.0 Å². The third-order valence-corrected chi connectivity index (χ3v) is 5.11. The molecule has 1 amide bonds. The molecule has 0 unspecified atom stereocenters. The second-order valence-corrected chi connectivity index (χ2v) is 7.21. The van der Waals surface area contributed by atoms with E-state index in [-0.39, 0.29) is 18.3 Å². The lowest BCUT2D eigenvalue weighted by Crippen LogP contribution is -2.29. The lowest BCUT2D eigenvalue weighted by molar-refractivity contribution is 0.0992. The average Bonchev–Trinajstić information content (AvgIpc) is 3.28. The summed E-state index contributed by atoms with van der Waals surface area (Å²) in [6.07, 6.45) is 3.75. The predicted octanol–water partition coefficient (Wildman–Crippen LogP) is 4.97. The monoisotopic (exact) mass is 401 g/mol. The van der Waals surface area contributed by atoms with Gasteiger partial charge in [-0.3, -0.25) is 4.79 Å². The predicted molar refractivity (Wildman–Crippen MR) is 115 cm³/mol. The first-order valence-corrected chi connectivity index (χ1v) is 10.1. The summed E-state index contributed by atoms with van der Waals surface area (Å²) in [5, 5.41) is 12.0. The first-order valence-electron chi connectivity index (χ1n) is 10.1. The molecule has 2 heterocycles. The van der Waals surface area contributed by atoms with Crippen LogP contribution in [0.4, 0.5) is 11.4 Å². The topological polar surface area (TPSA) is 78.5 Å². The van der Waals surface area contributed by atoms with Gasteiger partial charge in [-0.1, -0.05) is 12.1 Å². The van der Waals surface area contributed by atoms with Crippen molar-refractivity contribution in [2.75, 3.05) is 23.3 Å². The summed E-state index contributed by atoms with van der Waals surface area (Å²) in [5.41, 5.74) is 2.36. The fourth-order valence-corrected chi connectivity index (χ4v) is 3.51. The van der Waals surface area contributed by atoms with Gasteiger partial charge >= 0.3 is 0 Å². The fourth-order valence-electron chi connectivity index (χ4n) is 3.51. The van der Waals surface area contributed by atoms with Gasteiger partial charge in [-0.05, 0) is 67.8 Å². The number of nitrogens with zero attached hydrogens (tertiary/aromatic N) is 2. The van der Waals surface area contributed by atoms with E-state index in [0.717, 1.165) is 18.8 Å². The summed E-state index contributed by atoms with van der Waals surface area (Å²) < 4.78 is 11.2. The fraction of sp³-hybridized carbons (Fsp3) is 0.250. The van der Waals surface area contributed by atoms with Crippen LogP contribution in [0, 0.1) is 11.3 Å². The summed E-state index contributed by atoms with van der Waals surface area (Å²) in [6, 6.07) is 20.3. The summed E-state index contributed by atoms with van der Waals surface area (Å²) in [4.78, 5) is 14.9. The number of hydrogen-bond acceptors (Lipinski definition) is 5. The maximum absolute atomic E-state index is 12.5. The molecule has 0 saturated carbocycles. The molecular weight excluding hydrogens is 378 g/mol. The van der Waals surface area contributed by atoms with Gasteiger partial charge in [0.05, 0.1) is 5.56 Å². The van der Waals surface area contributed by atoms with Crippen molar-refractivity contribution in [1.29, 1.82) is 5.26 Å². The third-order valence-electron chi connectivity index (χ3n) is 5.11. The Morgan fingerprint density at radius 2 is 1.80 bits per heavy atom. The van der Waals surface area contributed by atoms with Crippen LogP contribution in [-0.2, 0) is 6.61 Å². The zero-order valence-corrected chi connectivity index (χ0v) is 16.6. The zero-order valence-electron chi connectivity index (χ0n) is 16.6. The van der Waals surface area contributed by atoms with Crippen molar-refractivity contribution in [3.8, 4) is 11.8 Å². The van der Waals surface area contributed by atoms with Crippen molar-refractivity contribution in [3.05, 3.63) is 77.7 Å². The molecule has 1 N–H and O–H groups in total. The van der Waals surface area contributed by atoms with Crippen molar-refractivity contribution in [3.63, 3.8) is 0 Å². The minimum Gasteiger partial charge on any atom is -0.484 e. The van der Waals surface area contributed by atoms with Crippen molar-refractivity contribution >= 4 is 17.3 Å². The Morgan fingerprint density at radius 3 is 2.57 bits per heavy atom. The van der Waals surface area contributed by atoms with Gasteiger partial charge in [-0.25, -0.2) is 0 Å². The van der Waals surface area contributed by atoms with Gasteiger partial charge in [0.25, 0.3) is 5.91 Å². The Hall–Kier alpha value is -3.72. The van der Waals surface area contributed by atoms with Gasteiger partial charge in [0, 0.05) is 24.5 Å². The maximum Gasteiger partial charge on any atom is 0.291 e. The van der Waals surface area contributed by atoms with E-state index in [1.54, 1.807) is 36.4 Å². The molecule has 2 aromatic carbocycles. The molecule has 6 nitrogen and oxygen atoms in total. The largest absolute Gasteiger partial charge is 0.484 e. The van der Waals surface area contributed by atoms with Gasteiger partial charge in [0.1, 0.15) is 24.2 Å². The van der Waals surface area contributed by atoms with E-state index < -0.39 is 0 Å². The molecule has 1 aliphatic rings. The number of nitrogens with one attached hydrogen (secondary N) is 1. The van der Waals surface area contributed by atoms with Gasteiger partial charge in [0.15, 0.2) is 5.76 Å². The number of carbonyl (C=O) groups is 1. The highest BCUT2D eigenvalue weighted by Crippen LogP contribution is 2.23. The molecule has 0 aliphatic carbocycles. The Labute approximate surface area is 175 Å². The zero-order chi connectivity index (χ0) is 20.8. The molecule has 1 saturated heterocycles. The number of nitriles is 1. The summed E-state index contributed by atoms with van der Waals surface area (Å²) in [5.74, 6) is 0.885. The average molecular weight is 401 g/mol. The molecule has 6 heteroatoms. The van der Waals surface area contributed by atoms with Crippen molar-refractivity contribution in [1.82, 2.24) is 0 Å². The normalized spacial score (nSPS) is 13.5.